The molecule has 0 aromatic carbocycles. The number of nitrogens with zero attached hydrogens (tertiary/aromatic N) is 1. The smallest absolute Gasteiger partial charge is 0.290 e. The van der Waals surface area contributed by atoms with Crippen LogP contribution >= 0.6 is 0 Å². The molecule has 5 heteroatoms. The third-order valence-electron chi connectivity index (χ3n) is 1.66. The van der Waals surface area contributed by atoms with E-state index < -0.39 is 5.54 Å². The highest BCUT2D eigenvalue weighted by molar-refractivity contribution is 5.92. The molecule has 1 aromatic rings. The highest BCUT2D eigenvalue weighted by Gasteiger charge is 2.17. The zero-order chi connectivity index (χ0) is 10.8. The fourth-order valence-electron chi connectivity index (χ4n) is 0.898. The monoisotopic (exact) mass is 197 g/mol. The topological polar surface area (TPSA) is 81.2 Å². The lowest BCUT2D eigenvalue weighted by molar-refractivity contribution is 0.0908. The number of nitrogens with two attached hydrogens (primary N) is 1. The fraction of sp³-hybridized carbons (Fsp3) is 0.556. The summed E-state index contributed by atoms with van der Waals surface area (Å²) in [6.07, 6.45) is 1.50. The summed E-state index contributed by atoms with van der Waals surface area (Å²) in [5, 5.41) is 6.19. The molecule has 0 aliphatic carbocycles. The van der Waals surface area contributed by atoms with E-state index >= 15 is 0 Å². The Balaban J connectivity index is 2.56. The maximum Gasteiger partial charge on any atom is 0.290 e. The van der Waals surface area contributed by atoms with Crippen LogP contribution in [0.5, 0.6) is 0 Å². The average Bonchev–Trinajstić information content (AvgIpc) is 2.46. The van der Waals surface area contributed by atoms with E-state index in [-0.39, 0.29) is 11.7 Å². The minimum Gasteiger partial charge on any atom is -0.351 e. The van der Waals surface area contributed by atoms with Crippen molar-refractivity contribution >= 4 is 5.91 Å². The molecule has 0 aliphatic heterocycles. The van der Waals surface area contributed by atoms with E-state index in [0.717, 1.165) is 5.56 Å². The largest absolute Gasteiger partial charge is 0.351 e. The molecule has 0 saturated heterocycles. The van der Waals surface area contributed by atoms with Gasteiger partial charge >= 0.3 is 0 Å². The van der Waals surface area contributed by atoms with Gasteiger partial charge < -0.3 is 15.6 Å². The number of carbonyl (C=O) groups excluding carboxylic acids is 1. The Morgan fingerprint density at radius 3 is 2.79 bits per heavy atom. The zero-order valence-corrected chi connectivity index (χ0v) is 8.63. The van der Waals surface area contributed by atoms with Gasteiger partial charge in [0, 0.05) is 17.6 Å². The number of nitrogens with one attached hydrogen (secondary N) is 1. The molecule has 0 aliphatic rings. The van der Waals surface area contributed by atoms with Gasteiger partial charge in [-0.2, -0.15) is 0 Å². The lowest BCUT2D eigenvalue weighted by atomic mass is 10.1. The van der Waals surface area contributed by atoms with E-state index in [2.05, 4.69) is 10.5 Å². The fourth-order valence-corrected chi connectivity index (χ4v) is 0.898. The lowest BCUT2D eigenvalue weighted by Gasteiger charge is -2.18. The molecule has 1 amide bonds. The van der Waals surface area contributed by atoms with Crippen molar-refractivity contribution < 1.29 is 9.32 Å². The number of rotatable bonds is 3. The summed E-state index contributed by atoms with van der Waals surface area (Å²) >= 11 is 0. The van der Waals surface area contributed by atoms with Crippen molar-refractivity contribution in [2.75, 3.05) is 6.54 Å². The number of carbonyl (C=O) groups is 1. The first-order valence-corrected chi connectivity index (χ1v) is 4.38. The third kappa shape index (κ3) is 2.85. The van der Waals surface area contributed by atoms with E-state index in [1.807, 2.05) is 13.8 Å². The maximum atomic E-state index is 11.5. The Morgan fingerprint density at radius 2 is 2.36 bits per heavy atom. The molecular weight excluding hydrogens is 182 g/mol. The van der Waals surface area contributed by atoms with Crippen LogP contribution in [0.25, 0.3) is 0 Å². The van der Waals surface area contributed by atoms with Crippen molar-refractivity contribution in [3.8, 4) is 0 Å². The van der Waals surface area contributed by atoms with Gasteiger partial charge in [0.05, 0.1) is 6.20 Å². The first-order chi connectivity index (χ1) is 6.40. The van der Waals surface area contributed by atoms with Crippen molar-refractivity contribution in [2.45, 2.75) is 26.3 Å². The Bertz CT molecular complexity index is 325. The van der Waals surface area contributed by atoms with Gasteiger partial charge in [-0.25, -0.2) is 0 Å². The average molecular weight is 197 g/mol. The first-order valence-electron chi connectivity index (χ1n) is 4.38. The van der Waals surface area contributed by atoms with Crippen LogP contribution in [0.15, 0.2) is 10.7 Å². The summed E-state index contributed by atoms with van der Waals surface area (Å²) in [5.74, 6) is -0.0345. The van der Waals surface area contributed by atoms with Crippen LogP contribution < -0.4 is 11.1 Å². The standard InChI is InChI=1S/C9H15N3O2/c1-6-4-12-14-7(6)8(13)11-5-9(2,3)10/h4H,5,10H2,1-3H3,(H,11,13). The minimum absolute atomic E-state index is 0.245. The van der Waals surface area contributed by atoms with Gasteiger partial charge in [0.15, 0.2) is 0 Å². The van der Waals surface area contributed by atoms with Crippen LogP contribution in [-0.2, 0) is 0 Å². The van der Waals surface area contributed by atoms with Crippen LogP contribution in [0.3, 0.4) is 0 Å². The van der Waals surface area contributed by atoms with E-state index in [9.17, 15) is 4.79 Å². The normalized spacial score (nSPS) is 11.4. The number of hydrogen-bond acceptors (Lipinski definition) is 4. The molecule has 3 N–H and O–H groups in total. The molecule has 0 saturated carbocycles. The van der Waals surface area contributed by atoms with Crippen LogP contribution in [0.1, 0.15) is 30.0 Å². The maximum absolute atomic E-state index is 11.5. The summed E-state index contributed by atoms with van der Waals surface area (Å²) in [6.45, 7) is 5.83. The number of aryl methyl sites for hydroxylation is 1. The second-order valence-electron chi connectivity index (χ2n) is 4.01. The quantitative estimate of drug-likeness (QED) is 0.737. The molecule has 1 rings (SSSR count). The molecular formula is C9H15N3O2. The minimum atomic E-state index is -0.427. The lowest BCUT2D eigenvalue weighted by Crippen LogP contribution is -2.45. The van der Waals surface area contributed by atoms with E-state index in [0.29, 0.717) is 6.54 Å². The molecule has 0 unspecified atom stereocenters. The number of amides is 1. The van der Waals surface area contributed by atoms with Gasteiger partial charge in [0.2, 0.25) is 5.76 Å². The van der Waals surface area contributed by atoms with Gasteiger partial charge in [-0.05, 0) is 20.8 Å². The Kier molecular flexibility index (Phi) is 2.90. The molecule has 0 fully saturated rings. The second-order valence-corrected chi connectivity index (χ2v) is 4.01. The zero-order valence-electron chi connectivity index (χ0n) is 8.63. The SMILES string of the molecule is Cc1cnoc1C(=O)NCC(C)(C)N. The van der Waals surface area contributed by atoms with Crippen LogP contribution in [0.4, 0.5) is 0 Å². The molecule has 78 valence electrons. The first kappa shape index (κ1) is 10.7. The van der Waals surface area contributed by atoms with Gasteiger partial charge in [-0.15, -0.1) is 0 Å². The summed E-state index contributed by atoms with van der Waals surface area (Å²) in [6, 6.07) is 0. The van der Waals surface area contributed by atoms with Crippen LogP contribution in [-0.4, -0.2) is 23.1 Å². The Hall–Kier alpha value is -1.36. The Labute approximate surface area is 82.6 Å². The van der Waals surface area contributed by atoms with Crippen molar-refractivity contribution in [3.05, 3.63) is 17.5 Å². The molecule has 5 nitrogen and oxygen atoms in total. The third-order valence-corrected chi connectivity index (χ3v) is 1.66. The summed E-state index contributed by atoms with van der Waals surface area (Å²) in [7, 11) is 0. The van der Waals surface area contributed by atoms with Crippen molar-refractivity contribution in [3.63, 3.8) is 0 Å². The summed E-state index contributed by atoms with van der Waals surface area (Å²) in [5.41, 5.74) is 6.01. The predicted molar refractivity (Wildman–Crippen MR) is 51.8 cm³/mol. The van der Waals surface area contributed by atoms with E-state index in [1.165, 1.54) is 6.20 Å². The molecule has 0 radical (unpaired) electrons. The predicted octanol–water partition coefficient (Wildman–Crippen LogP) is 0.450. The van der Waals surface area contributed by atoms with Crippen molar-refractivity contribution in [1.82, 2.24) is 10.5 Å². The van der Waals surface area contributed by atoms with Gasteiger partial charge in [0.1, 0.15) is 0 Å². The van der Waals surface area contributed by atoms with Crippen LogP contribution in [0.2, 0.25) is 0 Å². The van der Waals surface area contributed by atoms with Gasteiger partial charge in [0.25, 0.3) is 5.91 Å². The van der Waals surface area contributed by atoms with Gasteiger partial charge in [-0.3, -0.25) is 4.79 Å². The number of hydrogen-bond donors (Lipinski definition) is 2. The van der Waals surface area contributed by atoms with Crippen molar-refractivity contribution in [2.24, 2.45) is 5.73 Å². The van der Waals surface area contributed by atoms with E-state index in [1.54, 1.807) is 6.92 Å². The van der Waals surface area contributed by atoms with Crippen molar-refractivity contribution in [1.29, 1.82) is 0 Å². The molecule has 14 heavy (non-hydrogen) atoms. The Morgan fingerprint density at radius 1 is 1.71 bits per heavy atom. The highest BCUT2D eigenvalue weighted by atomic mass is 16.5. The van der Waals surface area contributed by atoms with E-state index in [4.69, 9.17) is 10.3 Å². The van der Waals surface area contributed by atoms with Gasteiger partial charge in [-0.1, -0.05) is 5.16 Å². The molecule has 0 bridgehead atoms. The molecule has 1 heterocycles. The number of aromatic nitrogens is 1. The second kappa shape index (κ2) is 3.79. The molecule has 0 atom stereocenters. The highest BCUT2D eigenvalue weighted by Crippen LogP contribution is 2.05. The summed E-state index contributed by atoms with van der Waals surface area (Å²) in [4.78, 5) is 11.5. The molecule has 0 spiro atoms. The summed E-state index contributed by atoms with van der Waals surface area (Å²) < 4.78 is 4.79. The molecule has 1 aromatic heterocycles. The van der Waals surface area contributed by atoms with Crippen LogP contribution in [0, 0.1) is 6.92 Å².